The summed E-state index contributed by atoms with van der Waals surface area (Å²) in [7, 11) is 0. The average molecular weight is 446 g/mol. The predicted octanol–water partition coefficient (Wildman–Crippen LogP) is 8.43. The summed E-state index contributed by atoms with van der Waals surface area (Å²) in [5, 5.41) is 12.0. The van der Waals surface area contributed by atoms with E-state index in [-0.39, 0.29) is 12.2 Å². The number of epoxide rings is 1. The molecule has 182 valence electrons. The van der Waals surface area contributed by atoms with Crippen molar-refractivity contribution in [2.24, 2.45) is 5.16 Å². The van der Waals surface area contributed by atoms with Crippen molar-refractivity contribution >= 4 is 6.21 Å². The third-order valence-electron chi connectivity index (χ3n) is 4.25. The fourth-order valence-corrected chi connectivity index (χ4v) is 3.03. The molecule has 2 atom stereocenters. The first-order chi connectivity index (χ1) is 15.5. The van der Waals surface area contributed by atoms with Gasteiger partial charge in [-0.1, -0.05) is 103 Å². The molecule has 1 aliphatic rings. The van der Waals surface area contributed by atoms with Crippen molar-refractivity contribution in [2.45, 2.75) is 94.8 Å². The second kappa shape index (κ2) is 19.4. The third kappa shape index (κ3) is 10.3. The molecule has 0 amide bonds. The Balaban J connectivity index is 0. The van der Waals surface area contributed by atoms with Crippen molar-refractivity contribution in [3.8, 4) is 5.75 Å². The van der Waals surface area contributed by atoms with Gasteiger partial charge in [0.2, 0.25) is 0 Å². The SMILES string of the molecule is CC.CC.CC.CCC.Cc1cc(C)c(OCC2OC2c2ccccc2)c(C)c1/C=N/O. The van der Waals surface area contributed by atoms with E-state index in [0.29, 0.717) is 6.61 Å². The summed E-state index contributed by atoms with van der Waals surface area (Å²) in [5.74, 6) is 0.841. The highest BCUT2D eigenvalue weighted by molar-refractivity contribution is 5.84. The first-order valence-electron chi connectivity index (χ1n) is 12.1. The lowest BCUT2D eigenvalue weighted by atomic mass is 9.99. The van der Waals surface area contributed by atoms with Gasteiger partial charge in [-0.25, -0.2) is 0 Å². The fraction of sp³-hybridized carbons (Fsp3) is 0.536. The number of hydrogen-bond acceptors (Lipinski definition) is 4. The molecular weight excluding hydrogens is 398 g/mol. The van der Waals surface area contributed by atoms with Crippen LogP contribution in [0.5, 0.6) is 5.75 Å². The number of ether oxygens (including phenoxy) is 2. The summed E-state index contributed by atoms with van der Waals surface area (Å²) < 4.78 is 11.7. The zero-order chi connectivity index (χ0) is 25.1. The Morgan fingerprint density at radius 3 is 1.97 bits per heavy atom. The monoisotopic (exact) mass is 445 g/mol. The van der Waals surface area contributed by atoms with E-state index in [9.17, 15) is 0 Å². The first kappa shape index (κ1) is 31.9. The van der Waals surface area contributed by atoms with Gasteiger partial charge in [0.05, 0.1) is 6.21 Å². The molecular formula is C28H47NO3. The van der Waals surface area contributed by atoms with Gasteiger partial charge in [0.25, 0.3) is 0 Å². The minimum Gasteiger partial charge on any atom is -0.490 e. The smallest absolute Gasteiger partial charge is 0.125 e. The molecule has 0 radical (unpaired) electrons. The molecule has 32 heavy (non-hydrogen) atoms. The molecule has 0 bridgehead atoms. The van der Waals surface area contributed by atoms with Crippen molar-refractivity contribution < 1.29 is 14.7 Å². The summed E-state index contributed by atoms with van der Waals surface area (Å²) in [6.07, 6.45) is 2.92. The van der Waals surface area contributed by atoms with Crippen LogP contribution >= 0.6 is 0 Å². The number of hydrogen-bond donors (Lipinski definition) is 1. The maximum atomic E-state index is 8.83. The maximum absolute atomic E-state index is 8.83. The van der Waals surface area contributed by atoms with Crippen LogP contribution in [0.1, 0.15) is 95.7 Å². The van der Waals surface area contributed by atoms with Crippen LogP contribution in [0.4, 0.5) is 0 Å². The lowest BCUT2D eigenvalue weighted by Gasteiger charge is -2.15. The molecule has 1 aliphatic heterocycles. The average Bonchev–Trinajstić information content (AvgIpc) is 3.61. The summed E-state index contributed by atoms with van der Waals surface area (Å²) in [6, 6.07) is 12.2. The van der Waals surface area contributed by atoms with Crippen LogP contribution in [-0.2, 0) is 4.74 Å². The number of aryl methyl sites for hydroxylation is 2. The molecule has 0 saturated carbocycles. The van der Waals surface area contributed by atoms with E-state index in [0.717, 1.165) is 28.0 Å². The van der Waals surface area contributed by atoms with E-state index in [1.165, 1.54) is 18.2 Å². The molecule has 1 heterocycles. The van der Waals surface area contributed by atoms with Crippen LogP contribution in [-0.4, -0.2) is 24.1 Å². The summed E-state index contributed by atoms with van der Waals surface area (Å²) in [5.41, 5.74) is 5.20. The zero-order valence-corrected chi connectivity index (χ0v) is 22.3. The molecule has 1 N–H and O–H groups in total. The Hall–Kier alpha value is -2.33. The highest BCUT2D eigenvalue weighted by atomic mass is 16.6. The van der Waals surface area contributed by atoms with E-state index < -0.39 is 0 Å². The molecule has 2 aromatic rings. The molecule has 3 rings (SSSR count). The number of oxime groups is 1. The summed E-state index contributed by atoms with van der Waals surface area (Å²) >= 11 is 0. The van der Waals surface area contributed by atoms with Crippen LogP contribution in [0.15, 0.2) is 41.6 Å². The van der Waals surface area contributed by atoms with Gasteiger partial charge in [-0.15, -0.1) is 0 Å². The van der Waals surface area contributed by atoms with Crippen LogP contribution < -0.4 is 4.74 Å². The molecule has 1 fully saturated rings. The van der Waals surface area contributed by atoms with Gasteiger partial charge in [0, 0.05) is 11.1 Å². The number of benzene rings is 2. The lowest BCUT2D eigenvalue weighted by Crippen LogP contribution is -2.09. The summed E-state index contributed by atoms with van der Waals surface area (Å²) in [4.78, 5) is 0. The molecule has 0 aliphatic carbocycles. The van der Waals surface area contributed by atoms with E-state index in [1.807, 2.05) is 86.6 Å². The Kier molecular flexibility index (Phi) is 19.3. The largest absolute Gasteiger partial charge is 0.490 e. The standard InChI is InChI=1S/C19H21NO3.C3H8.3C2H6/c1-12-9-13(2)18(14(3)16(12)10-20-21)22-11-17-19(23-17)15-7-5-4-6-8-15;1-3-2;3*1-2/h4-10,17,19,21H,11H2,1-3H3;3H2,1-2H3;3*1-2H3/b20-10+;;;;. The van der Waals surface area contributed by atoms with Gasteiger partial charge in [-0.2, -0.15) is 0 Å². The van der Waals surface area contributed by atoms with Gasteiger partial charge >= 0.3 is 0 Å². The van der Waals surface area contributed by atoms with Gasteiger partial charge in [-0.05, 0) is 37.5 Å². The van der Waals surface area contributed by atoms with Crippen LogP contribution in [0.25, 0.3) is 0 Å². The Morgan fingerprint density at radius 2 is 1.47 bits per heavy atom. The molecule has 1 saturated heterocycles. The van der Waals surface area contributed by atoms with Gasteiger partial charge in [0.1, 0.15) is 24.6 Å². The van der Waals surface area contributed by atoms with Gasteiger partial charge in [0.15, 0.2) is 0 Å². The normalized spacial score (nSPS) is 15.5. The van der Waals surface area contributed by atoms with E-state index in [2.05, 4.69) is 31.1 Å². The van der Waals surface area contributed by atoms with Crippen LogP contribution in [0.3, 0.4) is 0 Å². The van der Waals surface area contributed by atoms with Crippen LogP contribution in [0, 0.1) is 20.8 Å². The summed E-state index contributed by atoms with van der Waals surface area (Å²) in [6.45, 7) is 22.8. The quantitative estimate of drug-likeness (QED) is 0.217. The first-order valence-corrected chi connectivity index (χ1v) is 12.1. The second-order valence-electron chi connectivity index (χ2n) is 6.65. The van der Waals surface area contributed by atoms with Crippen molar-refractivity contribution in [2.75, 3.05) is 6.61 Å². The van der Waals surface area contributed by atoms with Crippen molar-refractivity contribution in [3.63, 3.8) is 0 Å². The van der Waals surface area contributed by atoms with E-state index >= 15 is 0 Å². The molecule has 0 spiro atoms. The molecule has 4 nitrogen and oxygen atoms in total. The maximum Gasteiger partial charge on any atom is 0.125 e. The minimum atomic E-state index is 0.0902. The topological polar surface area (TPSA) is 54.3 Å². The van der Waals surface area contributed by atoms with Gasteiger partial charge < -0.3 is 14.7 Å². The molecule has 4 heteroatoms. The van der Waals surface area contributed by atoms with Crippen LogP contribution in [0.2, 0.25) is 0 Å². The third-order valence-corrected chi connectivity index (χ3v) is 4.25. The highest BCUT2D eigenvalue weighted by Gasteiger charge is 2.40. The Labute approximate surface area is 197 Å². The highest BCUT2D eigenvalue weighted by Crippen LogP contribution is 2.39. The number of nitrogens with zero attached hydrogens (tertiary/aromatic N) is 1. The lowest BCUT2D eigenvalue weighted by molar-refractivity contribution is 0.258. The fourth-order valence-electron chi connectivity index (χ4n) is 3.03. The number of rotatable bonds is 5. The Bertz CT molecular complexity index is 742. The van der Waals surface area contributed by atoms with E-state index in [1.54, 1.807) is 0 Å². The van der Waals surface area contributed by atoms with E-state index in [4.69, 9.17) is 14.7 Å². The molecule has 0 aromatic heterocycles. The zero-order valence-electron chi connectivity index (χ0n) is 22.3. The van der Waals surface area contributed by atoms with Gasteiger partial charge in [-0.3, -0.25) is 0 Å². The second-order valence-corrected chi connectivity index (χ2v) is 6.65. The molecule has 2 unspecified atom stereocenters. The van der Waals surface area contributed by atoms with Crippen molar-refractivity contribution in [1.82, 2.24) is 0 Å². The van der Waals surface area contributed by atoms with Crippen molar-refractivity contribution in [1.29, 1.82) is 0 Å². The molecule has 2 aromatic carbocycles. The van der Waals surface area contributed by atoms with Crippen molar-refractivity contribution in [3.05, 3.63) is 64.2 Å². The Morgan fingerprint density at radius 1 is 0.938 bits per heavy atom. The minimum absolute atomic E-state index is 0.0902. The predicted molar refractivity (Wildman–Crippen MR) is 140 cm³/mol.